The van der Waals surface area contributed by atoms with Crippen molar-refractivity contribution in [1.82, 2.24) is 15.2 Å². The number of rotatable bonds is 5. The molecule has 0 radical (unpaired) electrons. The first-order chi connectivity index (χ1) is 13.1. The predicted molar refractivity (Wildman–Crippen MR) is 111 cm³/mol. The summed E-state index contributed by atoms with van der Waals surface area (Å²) >= 11 is 5.66. The zero-order valence-electron chi connectivity index (χ0n) is 15.5. The highest BCUT2D eigenvalue weighted by atomic mass is 32.1. The van der Waals surface area contributed by atoms with Crippen molar-refractivity contribution in [3.63, 3.8) is 0 Å². The molecule has 1 saturated heterocycles. The summed E-state index contributed by atoms with van der Waals surface area (Å²) in [6.45, 7) is 5.26. The third-order valence-electron chi connectivity index (χ3n) is 4.74. The minimum Gasteiger partial charge on any atom is -0.459 e. The minimum absolute atomic E-state index is 0.0211. The molecule has 4 rings (SSSR count). The van der Waals surface area contributed by atoms with Crippen molar-refractivity contribution in [1.29, 1.82) is 0 Å². The van der Waals surface area contributed by atoms with Gasteiger partial charge in [-0.25, -0.2) is 0 Å². The smallest absolute Gasteiger partial charge is 0.170 e. The molecule has 1 N–H and O–H groups in total. The van der Waals surface area contributed by atoms with E-state index >= 15 is 0 Å². The summed E-state index contributed by atoms with van der Waals surface area (Å²) in [4.78, 5) is 6.79. The van der Waals surface area contributed by atoms with E-state index in [0.29, 0.717) is 5.92 Å². The molecule has 0 saturated carbocycles. The van der Waals surface area contributed by atoms with Crippen LogP contribution in [-0.4, -0.2) is 21.5 Å². The Morgan fingerprint density at radius 2 is 1.85 bits per heavy atom. The maximum absolute atomic E-state index is 6.30. The summed E-state index contributed by atoms with van der Waals surface area (Å²) in [6.07, 6.45) is 1.82. The Kier molecular flexibility index (Phi) is 4.94. The standard InChI is InChI=1S/C22H23N3OS/c1-15(2)14-25-21(20(24-22(25)27)17-10-6-7-13-23-17)19-12-11-18(26-19)16-8-4-3-5-9-16/h3-13,15,20-21H,14H2,1-2H3,(H,24,27). The zero-order chi connectivity index (χ0) is 18.8. The van der Waals surface area contributed by atoms with E-state index < -0.39 is 0 Å². The lowest BCUT2D eigenvalue weighted by atomic mass is 10.0. The van der Waals surface area contributed by atoms with Crippen LogP contribution in [-0.2, 0) is 0 Å². The number of furan rings is 1. The Morgan fingerprint density at radius 3 is 2.56 bits per heavy atom. The second-order valence-corrected chi connectivity index (χ2v) is 7.63. The van der Waals surface area contributed by atoms with Crippen molar-refractivity contribution in [2.24, 2.45) is 5.92 Å². The molecular formula is C22H23N3OS. The molecule has 3 heterocycles. The summed E-state index contributed by atoms with van der Waals surface area (Å²) in [5.74, 6) is 2.25. The molecule has 4 nitrogen and oxygen atoms in total. The van der Waals surface area contributed by atoms with Crippen LogP contribution in [0.4, 0.5) is 0 Å². The van der Waals surface area contributed by atoms with Crippen LogP contribution in [0.1, 0.15) is 37.4 Å². The fraction of sp³-hybridized carbons (Fsp3) is 0.273. The number of nitrogens with one attached hydrogen (secondary N) is 1. The molecule has 0 amide bonds. The first-order valence-electron chi connectivity index (χ1n) is 9.26. The zero-order valence-corrected chi connectivity index (χ0v) is 16.3. The summed E-state index contributed by atoms with van der Waals surface area (Å²) in [6, 6.07) is 20.2. The summed E-state index contributed by atoms with van der Waals surface area (Å²) < 4.78 is 6.30. The Labute approximate surface area is 165 Å². The fourth-order valence-electron chi connectivity index (χ4n) is 3.57. The SMILES string of the molecule is CC(C)CN1C(=S)NC(c2ccccn2)C1c1ccc(-c2ccccc2)o1. The quantitative estimate of drug-likeness (QED) is 0.636. The van der Waals surface area contributed by atoms with Crippen LogP contribution in [0.15, 0.2) is 71.3 Å². The highest BCUT2D eigenvalue weighted by molar-refractivity contribution is 7.80. The van der Waals surface area contributed by atoms with Gasteiger partial charge in [-0.1, -0.05) is 50.2 Å². The van der Waals surface area contributed by atoms with E-state index in [0.717, 1.165) is 34.4 Å². The molecule has 1 aliphatic heterocycles. The van der Waals surface area contributed by atoms with Gasteiger partial charge in [0.15, 0.2) is 5.11 Å². The molecule has 2 atom stereocenters. The van der Waals surface area contributed by atoms with Crippen LogP contribution in [0.2, 0.25) is 0 Å². The highest BCUT2D eigenvalue weighted by Gasteiger charge is 2.41. The van der Waals surface area contributed by atoms with Crippen LogP contribution >= 0.6 is 12.2 Å². The van der Waals surface area contributed by atoms with Gasteiger partial charge in [0.1, 0.15) is 17.6 Å². The molecule has 1 fully saturated rings. The van der Waals surface area contributed by atoms with Gasteiger partial charge in [0.05, 0.1) is 11.7 Å². The van der Waals surface area contributed by atoms with Gasteiger partial charge in [0, 0.05) is 18.3 Å². The first kappa shape index (κ1) is 17.7. The summed E-state index contributed by atoms with van der Waals surface area (Å²) in [7, 11) is 0. The Hall–Kier alpha value is -2.66. The number of pyridine rings is 1. The minimum atomic E-state index is -0.0350. The van der Waals surface area contributed by atoms with Crippen molar-refractivity contribution >= 4 is 17.3 Å². The first-order valence-corrected chi connectivity index (χ1v) is 9.67. The third-order valence-corrected chi connectivity index (χ3v) is 5.09. The van der Waals surface area contributed by atoms with Gasteiger partial charge in [0.2, 0.25) is 0 Å². The Balaban J connectivity index is 1.73. The van der Waals surface area contributed by atoms with Crippen molar-refractivity contribution in [3.8, 4) is 11.3 Å². The predicted octanol–water partition coefficient (Wildman–Crippen LogP) is 4.97. The number of benzene rings is 1. The Bertz CT molecular complexity index is 908. The largest absolute Gasteiger partial charge is 0.459 e. The van der Waals surface area contributed by atoms with Crippen molar-refractivity contribution < 1.29 is 4.42 Å². The van der Waals surface area contributed by atoms with Crippen LogP contribution < -0.4 is 5.32 Å². The molecular weight excluding hydrogens is 354 g/mol. The maximum atomic E-state index is 6.30. The molecule has 27 heavy (non-hydrogen) atoms. The van der Waals surface area contributed by atoms with E-state index in [-0.39, 0.29) is 12.1 Å². The van der Waals surface area contributed by atoms with E-state index in [1.165, 1.54) is 0 Å². The van der Waals surface area contributed by atoms with Crippen molar-refractivity contribution in [3.05, 3.63) is 78.3 Å². The van der Waals surface area contributed by atoms with Gasteiger partial charge in [0.25, 0.3) is 0 Å². The maximum Gasteiger partial charge on any atom is 0.170 e. The summed E-state index contributed by atoms with van der Waals surface area (Å²) in [5, 5.41) is 4.21. The van der Waals surface area contributed by atoms with E-state index in [2.05, 4.69) is 47.2 Å². The lowest BCUT2D eigenvalue weighted by molar-refractivity contribution is 0.253. The third kappa shape index (κ3) is 3.60. The van der Waals surface area contributed by atoms with Gasteiger partial charge in [-0.05, 0) is 42.4 Å². The van der Waals surface area contributed by atoms with Gasteiger partial charge in [-0.15, -0.1) is 0 Å². The van der Waals surface area contributed by atoms with Crippen LogP contribution in [0.5, 0.6) is 0 Å². The average Bonchev–Trinajstić information content (AvgIpc) is 3.28. The van der Waals surface area contributed by atoms with E-state index in [1.807, 2.05) is 48.7 Å². The number of hydrogen-bond acceptors (Lipinski definition) is 3. The topological polar surface area (TPSA) is 41.3 Å². The van der Waals surface area contributed by atoms with E-state index in [1.54, 1.807) is 0 Å². The lowest BCUT2D eigenvalue weighted by Gasteiger charge is -2.27. The Morgan fingerprint density at radius 1 is 1.07 bits per heavy atom. The number of nitrogens with zero attached hydrogens (tertiary/aromatic N) is 2. The lowest BCUT2D eigenvalue weighted by Crippen LogP contribution is -2.32. The van der Waals surface area contributed by atoms with Crippen molar-refractivity contribution in [2.45, 2.75) is 25.9 Å². The van der Waals surface area contributed by atoms with Gasteiger partial charge >= 0.3 is 0 Å². The molecule has 2 unspecified atom stereocenters. The van der Waals surface area contributed by atoms with Crippen LogP contribution in [0, 0.1) is 5.92 Å². The molecule has 2 aromatic heterocycles. The van der Waals surface area contributed by atoms with Gasteiger partial charge in [-0.3, -0.25) is 4.98 Å². The number of hydrogen-bond donors (Lipinski definition) is 1. The van der Waals surface area contributed by atoms with Gasteiger partial charge in [-0.2, -0.15) is 0 Å². The molecule has 5 heteroatoms. The second-order valence-electron chi connectivity index (χ2n) is 7.24. The molecule has 1 aliphatic rings. The monoisotopic (exact) mass is 377 g/mol. The fourth-order valence-corrected chi connectivity index (χ4v) is 3.89. The average molecular weight is 378 g/mol. The molecule has 3 aromatic rings. The molecule has 0 spiro atoms. The number of aromatic nitrogens is 1. The van der Waals surface area contributed by atoms with Crippen LogP contribution in [0.3, 0.4) is 0 Å². The highest BCUT2D eigenvalue weighted by Crippen LogP contribution is 2.40. The molecule has 0 aliphatic carbocycles. The molecule has 0 bridgehead atoms. The number of thiocarbonyl (C=S) groups is 1. The van der Waals surface area contributed by atoms with E-state index in [9.17, 15) is 0 Å². The summed E-state index contributed by atoms with van der Waals surface area (Å²) in [5.41, 5.74) is 2.04. The molecule has 138 valence electrons. The second kappa shape index (κ2) is 7.53. The van der Waals surface area contributed by atoms with Crippen LogP contribution in [0.25, 0.3) is 11.3 Å². The van der Waals surface area contributed by atoms with Crippen molar-refractivity contribution in [2.75, 3.05) is 6.54 Å². The normalized spacial score (nSPS) is 19.5. The van der Waals surface area contributed by atoms with E-state index in [4.69, 9.17) is 16.6 Å². The molecule has 1 aromatic carbocycles. The van der Waals surface area contributed by atoms with Gasteiger partial charge < -0.3 is 14.6 Å².